The van der Waals surface area contributed by atoms with Crippen molar-refractivity contribution < 1.29 is 9.53 Å². The molecule has 0 fully saturated rings. The number of halogens is 1. The number of rotatable bonds is 2. The van der Waals surface area contributed by atoms with Gasteiger partial charge in [0.05, 0.1) is 17.7 Å². The van der Waals surface area contributed by atoms with Crippen molar-refractivity contribution in [2.24, 2.45) is 0 Å². The minimum atomic E-state index is -0.336. The van der Waals surface area contributed by atoms with E-state index in [1.54, 1.807) is 0 Å². The number of thioether (sulfide) groups is 1. The van der Waals surface area contributed by atoms with Crippen LogP contribution in [0.25, 0.3) is 22.2 Å². The molecular weight excluding hydrogens is 318 g/mol. The number of benzene rings is 2. The van der Waals surface area contributed by atoms with Crippen molar-refractivity contribution in [2.45, 2.75) is 11.8 Å². The molecule has 1 heterocycles. The van der Waals surface area contributed by atoms with Crippen LogP contribution in [0.1, 0.15) is 5.56 Å². The highest BCUT2D eigenvalue weighted by Crippen LogP contribution is 2.39. The van der Waals surface area contributed by atoms with Gasteiger partial charge < -0.3 is 9.72 Å². The molecule has 3 rings (SSSR count). The van der Waals surface area contributed by atoms with Gasteiger partial charge in [0.2, 0.25) is 0 Å². The molecule has 1 N–H and O–H groups in total. The maximum Gasteiger partial charge on any atom is 0.371 e. The third kappa shape index (κ3) is 2.85. The lowest BCUT2D eigenvalue weighted by molar-refractivity contribution is 0.200. The molecule has 0 saturated heterocycles. The highest BCUT2D eigenvalue weighted by atomic mass is 35.5. The SMILES string of the molecule is COC(=O)Sc1c(-c2ccc(Cl)cc2)[nH]c2ccc(C)cc12. The molecule has 0 radical (unpaired) electrons. The van der Waals surface area contributed by atoms with Crippen molar-refractivity contribution in [1.29, 1.82) is 0 Å². The molecule has 0 spiro atoms. The van der Waals surface area contributed by atoms with E-state index in [1.165, 1.54) is 7.11 Å². The molecule has 22 heavy (non-hydrogen) atoms. The Morgan fingerprint density at radius 3 is 2.59 bits per heavy atom. The zero-order valence-electron chi connectivity index (χ0n) is 12.1. The zero-order valence-corrected chi connectivity index (χ0v) is 13.7. The van der Waals surface area contributed by atoms with Gasteiger partial charge in [-0.1, -0.05) is 35.4 Å². The average molecular weight is 332 g/mol. The standard InChI is InChI=1S/C17H14ClNO2S/c1-10-3-8-14-13(9-10)16(22-17(20)21-2)15(19-14)11-4-6-12(18)7-5-11/h3-9,19H,1-2H3. The van der Waals surface area contributed by atoms with Crippen molar-refractivity contribution >= 4 is 39.6 Å². The lowest BCUT2D eigenvalue weighted by Crippen LogP contribution is -1.91. The minimum absolute atomic E-state index is 0.336. The summed E-state index contributed by atoms with van der Waals surface area (Å²) in [5, 5.41) is 1.36. The summed E-state index contributed by atoms with van der Waals surface area (Å²) in [4.78, 5) is 16.0. The van der Waals surface area contributed by atoms with Gasteiger partial charge in [0, 0.05) is 15.9 Å². The van der Waals surface area contributed by atoms with E-state index in [-0.39, 0.29) is 5.30 Å². The highest BCUT2D eigenvalue weighted by molar-refractivity contribution is 8.13. The van der Waals surface area contributed by atoms with E-state index in [2.05, 4.69) is 11.1 Å². The quantitative estimate of drug-likeness (QED) is 0.487. The number of H-pyrrole nitrogens is 1. The summed E-state index contributed by atoms with van der Waals surface area (Å²) in [6, 6.07) is 13.7. The Kier molecular flexibility index (Phi) is 4.14. The smallest absolute Gasteiger partial charge is 0.371 e. The van der Waals surface area contributed by atoms with Gasteiger partial charge in [-0.25, -0.2) is 4.79 Å². The first-order chi connectivity index (χ1) is 10.6. The number of hydrogen-bond donors (Lipinski definition) is 1. The minimum Gasteiger partial charge on any atom is -0.461 e. The van der Waals surface area contributed by atoms with E-state index in [4.69, 9.17) is 16.3 Å². The van der Waals surface area contributed by atoms with Crippen molar-refractivity contribution in [1.82, 2.24) is 4.98 Å². The van der Waals surface area contributed by atoms with Gasteiger partial charge in [-0.05, 0) is 48.5 Å². The predicted molar refractivity (Wildman–Crippen MR) is 91.7 cm³/mol. The van der Waals surface area contributed by atoms with Crippen LogP contribution < -0.4 is 0 Å². The van der Waals surface area contributed by atoms with Crippen LogP contribution in [0, 0.1) is 6.92 Å². The molecule has 3 aromatic rings. The number of fused-ring (bicyclic) bond motifs is 1. The molecule has 0 aliphatic rings. The van der Waals surface area contributed by atoms with Crippen LogP contribution in [0.5, 0.6) is 0 Å². The summed E-state index contributed by atoms with van der Waals surface area (Å²) >= 11 is 7.04. The van der Waals surface area contributed by atoms with Crippen molar-refractivity contribution in [3.05, 3.63) is 53.1 Å². The second-order valence-electron chi connectivity index (χ2n) is 4.94. The number of aromatic nitrogens is 1. The first kappa shape index (κ1) is 15.0. The van der Waals surface area contributed by atoms with E-state index >= 15 is 0 Å². The van der Waals surface area contributed by atoms with E-state index in [0.717, 1.165) is 44.4 Å². The van der Waals surface area contributed by atoms with Crippen LogP contribution in [0.4, 0.5) is 4.79 Å². The van der Waals surface area contributed by atoms with Crippen LogP contribution in [-0.4, -0.2) is 17.4 Å². The topological polar surface area (TPSA) is 42.1 Å². The molecule has 0 bridgehead atoms. The summed E-state index contributed by atoms with van der Waals surface area (Å²) < 4.78 is 4.80. The summed E-state index contributed by atoms with van der Waals surface area (Å²) in [6.45, 7) is 2.03. The zero-order chi connectivity index (χ0) is 15.7. The van der Waals surface area contributed by atoms with Crippen LogP contribution in [0.3, 0.4) is 0 Å². The summed E-state index contributed by atoms with van der Waals surface area (Å²) in [7, 11) is 1.39. The lowest BCUT2D eigenvalue weighted by Gasteiger charge is -2.04. The second kappa shape index (κ2) is 6.07. The molecule has 0 atom stereocenters. The van der Waals surface area contributed by atoms with Gasteiger partial charge >= 0.3 is 5.30 Å². The van der Waals surface area contributed by atoms with E-state index < -0.39 is 0 Å². The normalized spacial score (nSPS) is 10.9. The number of ether oxygens (including phenoxy) is 1. The number of methoxy groups -OCH3 is 1. The van der Waals surface area contributed by atoms with Crippen molar-refractivity contribution in [3.63, 3.8) is 0 Å². The summed E-state index contributed by atoms with van der Waals surface area (Å²) in [5.41, 5.74) is 4.00. The Morgan fingerprint density at radius 1 is 1.18 bits per heavy atom. The first-order valence-electron chi connectivity index (χ1n) is 6.72. The third-order valence-electron chi connectivity index (χ3n) is 3.39. The fourth-order valence-corrected chi connectivity index (χ4v) is 3.26. The number of nitrogens with one attached hydrogen (secondary N) is 1. The van der Waals surface area contributed by atoms with Crippen LogP contribution in [0.2, 0.25) is 5.02 Å². The summed E-state index contributed by atoms with van der Waals surface area (Å²) in [6.07, 6.45) is 0. The van der Waals surface area contributed by atoms with Gasteiger partial charge in [-0.3, -0.25) is 0 Å². The van der Waals surface area contributed by atoms with Gasteiger partial charge in [0.15, 0.2) is 0 Å². The van der Waals surface area contributed by atoms with Crippen LogP contribution in [-0.2, 0) is 4.74 Å². The van der Waals surface area contributed by atoms with Gasteiger partial charge in [-0.2, -0.15) is 0 Å². The molecule has 0 saturated carbocycles. The molecule has 3 nitrogen and oxygen atoms in total. The molecule has 0 unspecified atom stereocenters. The monoisotopic (exact) mass is 331 g/mol. The molecule has 0 aliphatic carbocycles. The second-order valence-corrected chi connectivity index (χ2v) is 6.32. The molecule has 2 aromatic carbocycles. The van der Waals surface area contributed by atoms with E-state index in [0.29, 0.717) is 5.02 Å². The van der Waals surface area contributed by atoms with Crippen molar-refractivity contribution in [3.8, 4) is 11.3 Å². The number of aromatic amines is 1. The van der Waals surface area contributed by atoms with Crippen LogP contribution >= 0.6 is 23.4 Å². The molecule has 1 aromatic heterocycles. The van der Waals surface area contributed by atoms with Crippen LogP contribution in [0.15, 0.2) is 47.4 Å². The Morgan fingerprint density at radius 2 is 1.91 bits per heavy atom. The Hall–Kier alpha value is -1.91. The summed E-state index contributed by atoms with van der Waals surface area (Å²) in [5.74, 6) is 0. The molecular formula is C17H14ClNO2S. The Bertz CT molecular complexity index is 840. The largest absolute Gasteiger partial charge is 0.461 e. The van der Waals surface area contributed by atoms with E-state index in [1.807, 2.05) is 43.3 Å². The van der Waals surface area contributed by atoms with Gasteiger partial charge in [0.25, 0.3) is 0 Å². The molecule has 0 amide bonds. The third-order valence-corrected chi connectivity index (χ3v) is 4.60. The average Bonchev–Trinajstić information content (AvgIpc) is 2.86. The maximum absolute atomic E-state index is 11.8. The fraction of sp³-hybridized carbons (Fsp3) is 0.118. The van der Waals surface area contributed by atoms with Gasteiger partial charge in [-0.15, -0.1) is 0 Å². The molecule has 0 aliphatic heterocycles. The molecule has 5 heteroatoms. The number of aryl methyl sites for hydroxylation is 1. The first-order valence-corrected chi connectivity index (χ1v) is 7.92. The van der Waals surface area contributed by atoms with Gasteiger partial charge in [0.1, 0.15) is 0 Å². The number of carbonyl (C=O) groups excluding carboxylic acids is 1. The van der Waals surface area contributed by atoms with Crippen molar-refractivity contribution in [2.75, 3.05) is 7.11 Å². The number of hydrogen-bond acceptors (Lipinski definition) is 3. The predicted octanol–water partition coefficient (Wildman–Crippen LogP) is 5.66. The number of carbonyl (C=O) groups is 1. The highest BCUT2D eigenvalue weighted by Gasteiger charge is 2.17. The fourth-order valence-electron chi connectivity index (χ4n) is 2.33. The Labute approximate surface area is 137 Å². The Balaban J connectivity index is 2.21. The van der Waals surface area contributed by atoms with E-state index in [9.17, 15) is 4.79 Å². The lowest BCUT2D eigenvalue weighted by atomic mass is 10.1. The maximum atomic E-state index is 11.8. The molecule has 112 valence electrons.